The van der Waals surface area contributed by atoms with Crippen molar-refractivity contribution in [1.29, 1.82) is 0 Å². The second-order valence-electron chi connectivity index (χ2n) is 5.49. The van der Waals surface area contributed by atoms with E-state index in [1.165, 1.54) is 36.4 Å². The Hall–Kier alpha value is -3.35. The summed E-state index contributed by atoms with van der Waals surface area (Å²) in [6, 6.07) is 12.0. The van der Waals surface area contributed by atoms with Crippen LogP contribution in [0.25, 0.3) is 0 Å². The van der Waals surface area contributed by atoms with Crippen LogP contribution >= 0.6 is 0 Å². The van der Waals surface area contributed by atoms with Gasteiger partial charge < -0.3 is 20.5 Å². The fourth-order valence-electron chi connectivity index (χ4n) is 2.07. The molecule has 0 fully saturated rings. The number of rotatable bonds is 6. The zero-order valence-corrected chi connectivity index (χ0v) is 14.3. The van der Waals surface area contributed by atoms with E-state index in [4.69, 9.17) is 4.74 Å². The smallest absolute Gasteiger partial charge is 0.340 e. The number of hydrogen-bond donors (Lipinski definition) is 3. The number of para-hydroxylation sites is 1. The lowest BCUT2D eigenvalue weighted by molar-refractivity contribution is -0.133. The largest absolute Gasteiger partial charge is 0.508 e. The van der Waals surface area contributed by atoms with E-state index in [2.05, 4.69) is 10.6 Å². The lowest BCUT2D eigenvalue weighted by Gasteiger charge is -2.11. The molecule has 2 amide bonds. The average Bonchev–Trinajstić information content (AvgIpc) is 2.64. The second kappa shape index (κ2) is 9.22. The topological polar surface area (TPSA) is 105 Å². The van der Waals surface area contributed by atoms with Crippen LogP contribution in [-0.4, -0.2) is 29.5 Å². The fraction of sp³-hybridized carbons (Fsp3) is 0.211. The van der Waals surface area contributed by atoms with E-state index in [9.17, 15) is 19.5 Å². The Morgan fingerprint density at radius 1 is 0.962 bits per heavy atom. The molecule has 2 aromatic rings. The maximum Gasteiger partial charge on any atom is 0.340 e. The molecule has 0 aromatic heterocycles. The van der Waals surface area contributed by atoms with Gasteiger partial charge in [-0.1, -0.05) is 25.5 Å². The molecule has 0 atom stereocenters. The van der Waals surface area contributed by atoms with Crippen LogP contribution in [0, 0.1) is 0 Å². The van der Waals surface area contributed by atoms with Gasteiger partial charge >= 0.3 is 17.8 Å². The Bertz CT molecular complexity index is 787. The Balaban J connectivity index is 2.02. The lowest BCUT2D eigenvalue weighted by atomic mass is 10.1. The van der Waals surface area contributed by atoms with Crippen LogP contribution in [0.2, 0.25) is 0 Å². The third kappa shape index (κ3) is 5.34. The third-order valence-corrected chi connectivity index (χ3v) is 3.46. The van der Waals surface area contributed by atoms with Crippen LogP contribution in [0.3, 0.4) is 0 Å². The molecule has 0 aliphatic heterocycles. The summed E-state index contributed by atoms with van der Waals surface area (Å²) in [5.74, 6) is -2.34. The zero-order valence-electron chi connectivity index (χ0n) is 14.3. The molecular weight excluding hydrogens is 336 g/mol. The van der Waals surface area contributed by atoms with Gasteiger partial charge in [-0.05, 0) is 42.8 Å². The minimum Gasteiger partial charge on any atom is -0.508 e. The molecule has 0 heterocycles. The SMILES string of the molecule is CCCCOC(=O)c1ccccc1NC(=O)C(=O)Nc1ccc(O)cc1. The van der Waals surface area contributed by atoms with E-state index >= 15 is 0 Å². The van der Waals surface area contributed by atoms with E-state index in [0.29, 0.717) is 12.3 Å². The number of carbonyl (C=O) groups is 3. The minimum atomic E-state index is -0.924. The van der Waals surface area contributed by atoms with Crippen molar-refractivity contribution in [3.8, 4) is 5.75 Å². The van der Waals surface area contributed by atoms with Crippen LogP contribution in [0.1, 0.15) is 30.1 Å². The van der Waals surface area contributed by atoms with Gasteiger partial charge in [-0.2, -0.15) is 0 Å². The van der Waals surface area contributed by atoms with E-state index in [-0.39, 0.29) is 17.0 Å². The molecule has 0 aliphatic rings. The Labute approximate surface area is 151 Å². The molecule has 3 N–H and O–H groups in total. The van der Waals surface area contributed by atoms with Crippen molar-refractivity contribution in [2.24, 2.45) is 0 Å². The molecule has 136 valence electrons. The highest BCUT2D eigenvalue weighted by Gasteiger charge is 2.18. The van der Waals surface area contributed by atoms with Gasteiger partial charge in [0, 0.05) is 5.69 Å². The monoisotopic (exact) mass is 356 g/mol. The predicted octanol–water partition coefficient (Wildman–Crippen LogP) is 2.93. The number of phenols is 1. The molecule has 26 heavy (non-hydrogen) atoms. The summed E-state index contributed by atoms with van der Waals surface area (Å²) in [6.45, 7) is 2.27. The summed E-state index contributed by atoms with van der Waals surface area (Å²) >= 11 is 0. The molecule has 0 radical (unpaired) electrons. The maximum absolute atomic E-state index is 12.1. The normalized spacial score (nSPS) is 10.0. The number of unbranched alkanes of at least 4 members (excludes halogenated alkanes) is 1. The van der Waals surface area contributed by atoms with Crippen molar-refractivity contribution in [2.75, 3.05) is 17.2 Å². The quantitative estimate of drug-likeness (QED) is 0.319. The molecule has 0 aliphatic carbocycles. The number of nitrogens with one attached hydrogen (secondary N) is 2. The van der Waals surface area contributed by atoms with Gasteiger partial charge in [0.1, 0.15) is 5.75 Å². The summed E-state index contributed by atoms with van der Waals surface area (Å²) in [5.41, 5.74) is 0.726. The molecule has 0 unspecified atom stereocenters. The number of esters is 1. The van der Waals surface area contributed by atoms with Gasteiger partial charge in [0.15, 0.2) is 0 Å². The van der Waals surface area contributed by atoms with Gasteiger partial charge in [0.2, 0.25) is 0 Å². The first-order valence-corrected chi connectivity index (χ1v) is 8.18. The summed E-state index contributed by atoms with van der Waals surface area (Å²) < 4.78 is 5.14. The van der Waals surface area contributed by atoms with E-state index in [1.807, 2.05) is 6.92 Å². The van der Waals surface area contributed by atoms with E-state index in [1.54, 1.807) is 12.1 Å². The first kappa shape index (κ1) is 19.0. The highest BCUT2D eigenvalue weighted by atomic mass is 16.5. The number of aromatic hydroxyl groups is 1. The number of hydrogen-bond acceptors (Lipinski definition) is 5. The molecule has 0 saturated heterocycles. The predicted molar refractivity (Wildman–Crippen MR) is 97.0 cm³/mol. The zero-order chi connectivity index (χ0) is 18.9. The van der Waals surface area contributed by atoms with Crippen molar-refractivity contribution < 1.29 is 24.2 Å². The van der Waals surface area contributed by atoms with E-state index in [0.717, 1.165) is 12.8 Å². The van der Waals surface area contributed by atoms with Crippen molar-refractivity contribution >= 4 is 29.2 Å². The number of carbonyl (C=O) groups excluding carboxylic acids is 3. The summed E-state index contributed by atoms with van der Waals surface area (Å²) in [7, 11) is 0. The first-order chi connectivity index (χ1) is 12.5. The second-order valence-corrected chi connectivity index (χ2v) is 5.49. The number of benzene rings is 2. The Morgan fingerprint density at radius 3 is 2.31 bits per heavy atom. The molecule has 2 rings (SSSR count). The van der Waals surface area contributed by atoms with Gasteiger partial charge in [0.25, 0.3) is 0 Å². The molecule has 0 saturated carbocycles. The number of amides is 2. The average molecular weight is 356 g/mol. The minimum absolute atomic E-state index is 0.0444. The molecular formula is C19H20N2O5. The summed E-state index contributed by atoms with van der Waals surface area (Å²) in [5, 5.41) is 14.0. The molecule has 0 spiro atoms. The highest BCUT2D eigenvalue weighted by Crippen LogP contribution is 2.17. The summed E-state index contributed by atoms with van der Waals surface area (Å²) in [4.78, 5) is 36.2. The van der Waals surface area contributed by atoms with E-state index < -0.39 is 17.8 Å². The molecule has 0 bridgehead atoms. The Kier molecular flexibility index (Phi) is 6.73. The van der Waals surface area contributed by atoms with Crippen molar-refractivity contribution in [2.45, 2.75) is 19.8 Å². The van der Waals surface area contributed by atoms with Gasteiger partial charge in [-0.25, -0.2) is 4.79 Å². The van der Waals surface area contributed by atoms with Crippen LogP contribution < -0.4 is 10.6 Å². The fourth-order valence-corrected chi connectivity index (χ4v) is 2.07. The van der Waals surface area contributed by atoms with Crippen molar-refractivity contribution in [1.82, 2.24) is 0 Å². The van der Waals surface area contributed by atoms with Crippen LogP contribution in [0.5, 0.6) is 5.75 Å². The van der Waals surface area contributed by atoms with Crippen molar-refractivity contribution in [3.05, 3.63) is 54.1 Å². The molecule has 7 nitrogen and oxygen atoms in total. The third-order valence-electron chi connectivity index (χ3n) is 3.46. The lowest BCUT2D eigenvalue weighted by Crippen LogP contribution is -2.29. The van der Waals surface area contributed by atoms with Crippen LogP contribution in [-0.2, 0) is 14.3 Å². The standard InChI is InChI=1S/C19H20N2O5/c1-2-3-12-26-19(25)15-6-4-5-7-16(15)21-18(24)17(23)20-13-8-10-14(22)11-9-13/h4-11,22H,2-3,12H2,1H3,(H,20,23)(H,21,24). The van der Waals surface area contributed by atoms with Crippen molar-refractivity contribution in [3.63, 3.8) is 0 Å². The maximum atomic E-state index is 12.1. The van der Waals surface area contributed by atoms with Gasteiger partial charge in [-0.15, -0.1) is 0 Å². The number of phenolic OH excluding ortho intramolecular Hbond substituents is 1. The molecule has 7 heteroatoms. The first-order valence-electron chi connectivity index (χ1n) is 8.18. The number of ether oxygens (including phenoxy) is 1. The van der Waals surface area contributed by atoms with Crippen LogP contribution in [0.15, 0.2) is 48.5 Å². The number of anilines is 2. The molecule has 2 aromatic carbocycles. The highest BCUT2D eigenvalue weighted by molar-refractivity contribution is 6.43. The van der Waals surface area contributed by atoms with Crippen LogP contribution in [0.4, 0.5) is 11.4 Å². The van der Waals surface area contributed by atoms with Gasteiger partial charge in [0.05, 0.1) is 17.9 Å². The Morgan fingerprint density at radius 2 is 1.62 bits per heavy atom. The summed E-state index contributed by atoms with van der Waals surface area (Å²) in [6.07, 6.45) is 1.64. The van der Waals surface area contributed by atoms with Gasteiger partial charge in [-0.3, -0.25) is 9.59 Å².